The van der Waals surface area contributed by atoms with E-state index in [4.69, 9.17) is 6.42 Å². The van der Waals surface area contributed by atoms with Gasteiger partial charge >= 0.3 is 0 Å². The van der Waals surface area contributed by atoms with Gasteiger partial charge in [0.1, 0.15) is 0 Å². The molecule has 1 N–H and O–H groups in total. The molecule has 2 unspecified atom stereocenters. The minimum Gasteiger partial charge on any atom is -0.310 e. The van der Waals surface area contributed by atoms with E-state index in [1.165, 1.54) is 0 Å². The summed E-state index contributed by atoms with van der Waals surface area (Å²) in [4.78, 5) is 0. The normalized spacial score (nSPS) is 15.7. The maximum atomic E-state index is 5.33. The quantitative estimate of drug-likeness (QED) is 0.699. The second-order valence-corrected chi connectivity index (χ2v) is 6.85. The summed E-state index contributed by atoms with van der Waals surface area (Å²) in [5, 5.41) is 3.58. The standard InChI is InChI=1S/C13H25NS/c1-7-9-12(8-2)14-11(3)10-15-13(4,5)6/h1,11-12,14H,8-10H2,2-6H3. The highest BCUT2D eigenvalue weighted by atomic mass is 32.2. The maximum absolute atomic E-state index is 5.33. The molecule has 0 radical (unpaired) electrons. The van der Waals surface area contributed by atoms with Crippen molar-refractivity contribution in [1.82, 2.24) is 5.32 Å². The van der Waals surface area contributed by atoms with Crippen molar-refractivity contribution in [2.24, 2.45) is 0 Å². The number of thioether (sulfide) groups is 1. The molecule has 0 aliphatic carbocycles. The molecule has 0 saturated carbocycles. The van der Waals surface area contributed by atoms with E-state index in [1.54, 1.807) is 0 Å². The zero-order chi connectivity index (χ0) is 11.9. The Morgan fingerprint density at radius 3 is 2.40 bits per heavy atom. The Hall–Kier alpha value is -0.130. The van der Waals surface area contributed by atoms with Gasteiger partial charge < -0.3 is 5.32 Å². The summed E-state index contributed by atoms with van der Waals surface area (Å²) in [6.45, 7) is 11.2. The molecule has 0 fully saturated rings. The third-order valence-corrected chi connectivity index (χ3v) is 3.68. The number of hydrogen-bond donors (Lipinski definition) is 1. The van der Waals surface area contributed by atoms with Crippen LogP contribution in [0.25, 0.3) is 0 Å². The van der Waals surface area contributed by atoms with Gasteiger partial charge in [-0.15, -0.1) is 12.3 Å². The minimum atomic E-state index is 0.351. The van der Waals surface area contributed by atoms with Crippen LogP contribution in [0.4, 0.5) is 0 Å². The van der Waals surface area contributed by atoms with Crippen molar-refractivity contribution in [1.29, 1.82) is 0 Å². The van der Waals surface area contributed by atoms with Gasteiger partial charge in [0.25, 0.3) is 0 Å². The van der Waals surface area contributed by atoms with Crippen molar-refractivity contribution < 1.29 is 0 Å². The fraction of sp³-hybridized carbons (Fsp3) is 0.846. The highest BCUT2D eigenvalue weighted by Gasteiger charge is 2.14. The lowest BCUT2D eigenvalue weighted by Crippen LogP contribution is -2.38. The van der Waals surface area contributed by atoms with Gasteiger partial charge in [-0.25, -0.2) is 0 Å². The van der Waals surface area contributed by atoms with Crippen molar-refractivity contribution in [3.05, 3.63) is 0 Å². The van der Waals surface area contributed by atoms with E-state index in [9.17, 15) is 0 Å². The number of nitrogens with one attached hydrogen (secondary N) is 1. The second kappa shape index (κ2) is 7.19. The van der Waals surface area contributed by atoms with Gasteiger partial charge in [-0.05, 0) is 13.3 Å². The molecule has 0 bridgehead atoms. The van der Waals surface area contributed by atoms with E-state index in [0.717, 1.165) is 18.6 Å². The summed E-state index contributed by atoms with van der Waals surface area (Å²) < 4.78 is 0.351. The summed E-state index contributed by atoms with van der Waals surface area (Å²) in [6, 6.07) is 1.01. The van der Waals surface area contributed by atoms with Crippen LogP contribution in [-0.2, 0) is 0 Å². The Labute approximate surface area is 99.8 Å². The molecule has 0 rings (SSSR count). The van der Waals surface area contributed by atoms with Crippen LogP contribution in [0.3, 0.4) is 0 Å². The van der Waals surface area contributed by atoms with E-state index in [-0.39, 0.29) is 0 Å². The zero-order valence-electron chi connectivity index (χ0n) is 10.8. The first-order valence-electron chi connectivity index (χ1n) is 5.72. The number of rotatable bonds is 6. The van der Waals surface area contributed by atoms with E-state index < -0.39 is 0 Å². The Morgan fingerprint density at radius 2 is 2.00 bits per heavy atom. The van der Waals surface area contributed by atoms with E-state index in [2.05, 4.69) is 45.9 Å². The third-order valence-electron chi connectivity index (χ3n) is 2.14. The van der Waals surface area contributed by atoms with Gasteiger partial charge in [-0.2, -0.15) is 11.8 Å². The maximum Gasteiger partial charge on any atom is 0.0240 e. The first kappa shape index (κ1) is 14.9. The Morgan fingerprint density at radius 1 is 1.40 bits per heavy atom. The molecule has 0 aromatic heterocycles. The largest absolute Gasteiger partial charge is 0.310 e. The van der Waals surface area contributed by atoms with Crippen LogP contribution < -0.4 is 5.32 Å². The van der Waals surface area contributed by atoms with Crippen LogP contribution in [0.1, 0.15) is 47.5 Å². The fourth-order valence-corrected chi connectivity index (χ4v) is 2.14. The summed E-state index contributed by atoms with van der Waals surface area (Å²) in [7, 11) is 0. The topological polar surface area (TPSA) is 12.0 Å². The van der Waals surface area contributed by atoms with Gasteiger partial charge in [0.15, 0.2) is 0 Å². The van der Waals surface area contributed by atoms with Gasteiger partial charge in [-0.1, -0.05) is 27.7 Å². The predicted molar refractivity (Wildman–Crippen MR) is 72.3 cm³/mol. The molecule has 0 saturated heterocycles. The van der Waals surface area contributed by atoms with Crippen LogP contribution in [0.2, 0.25) is 0 Å². The van der Waals surface area contributed by atoms with Crippen LogP contribution in [0.15, 0.2) is 0 Å². The Balaban J connectivity index is 3.81. The summed E-state index contributed by atoms with van der Waals surface area (Å²) in [5.74, 6) is 3.87. The first-order valence-corrected chi connectivity index (χ1v) is 6.71. The van der Waals surface area contributed by atoms with Crippen molar-refractivity contribution in [2.45, 2.75) is 64.3 Å². The molecule has 0 heterocycles. The lowest BCUT2D eigenvalue weighted by molar-refractivity contribution is 0.461. The summed E-state index contributed by atoms with van der Waals surface area (Å²) >= 11 is 2.00. The molecule has 2 atom stereocenters. The number of hydrogen-bond acceptors (Lipinski definition) is 2. The van der Waals surface area contributed by atoms with Crippen LogP contribution in [0, 0.1) is 12.3 Å². The average molecular weight is 227 g/mol. The van der Waals surface area contributed by atoms with Crippen LogP contribution in [0.5, 0.6) is 0 Å². The van der Waals surface area contributed by atoms with Crippen molar-refractivity contribution in [3.63, 3.8) is 0 Å². The fourth-order valence-electron chi connectivity index (χ4n) is 1.29. The van der Waals surface area contributed by atoms with Crippen molar-refractivity contribution in [2.75, 3.05) is 5.75 Å². The van der Waals surface area contributed by atoms with Gasteiger partial charge in [0.05, 0.1) is 0 Å². The van der Waals surface area contributed by atoms with Crippen LogP contribution >= 0.6 is 11.8 Å². The Bertz CT molecular complexity index is 200. The molecule has 0 amide bonds. The monoisotopic (exact) mass is 227 g/mol. The highest BCUT2D eigenvalue weighted by Crippen LogP contribution is 2.23. The lowest BCUT2D eigenvalue weighted by atomic mass is 10.1. The summed E-state index contributed by atoms with van der Waals surface area (Å²) in [5.41, 5.74) is 0. The van der Waals surface area contributed by atoms with Crippen LogP contribution in [-0.4, -0.2) is 22.6 Å². The average Bonchev–Trinajstić information content (AvgIpc) is 2.13. The van der Waals surface area contributed by atoms with E-state index in [0.29, 0.717) is 16.8 Å². The first-order chi connectivity index (χ1) is 6.89. The SMILES string of the molecule is C#CCC(CC)NC(C)CSC(C)(C)C. The molecule has 0 spiro atoms. The molecule has 0 aliphatic rings. The van der Waals surface area contributed by atoms with Gasteiger partial charge in [0, 0.05) is 29.0 Å². The molecule has 88 valence electrons. The summed E-state index contributed by atoms with van der Waals surface area (Å²) in [6.07, 6.45) is 7.27. The highest BCUT2D eigenvalue weighted by molar-refractivity contribution is 8.00. The van der Waals surface area contributed by atoms with Crippen molar-refractivity contribution in [3.8, 4) is 12.3 Å². The molecule has 2 heteroatoms. The van der Waals surface area contributed by atoms with E-state index >= 15 is 0 Å². The van der Waals surface area contributed by atoms with Crippen molar-refractivity contribution >= 4 is 11.8 Å². The molecule has 15 heavy (non-hydrogen) atoms. The lowest BCUT2D eigenvalue weighted by Gasteiger charge is -2.24. The second-order valence-electron chi connectivity index (χ2n) is 5.00. The molecule has 1 nitrogen and oxygen atoms in total. The molecule has 0 aromatic rings. The molecule has 0 aliphatic heterocycles. The Kier molecular flexibility index (Phi) is 7.13. The third kappa shape index (κ3) is 8.84. The minimum absolute atomic E-state index is 0.351. The number of terminal acetylenes is 1. The predicted octanol–water partition coefficient (Wildman–Crippen LogP) is 3.30. The zero-order valence-corrected chi connectivity index (χ0v) is 11.6. The smallest absolute Gasteiger partial charge is 0.0240 e. The molecular formula is C13H25NS. The molecular weight excluding hydrogens is 202 g/mol. The van der Waals surface area contributed by atoms with Gasteiger partial charge in [0.2, 0.25) is 0 Å². The molecule has 0 aromatic carbocycles. The van der Waals surface area contributed by atoms with E-state index in [1.807, 2.05) is 11.8 Å². The van der Waals surface area contributed by atoms with Gasteiger partial charge in [-0.3, -0.25) is 0 Å².